The molecular formula is C18H21FN4O3. The van der Waals surface area contributed by atoms with Gasteiger partial charge in [0.05, 0.1) is 17.9 Å². The monoisotopic (exact) mass is 360 g/mol. The van der Waals surface area contributed by atoms with Gasteiger partial charge in [-0.1, -0.05) is 12.1 Å². The van der Waals surface area contributed by atoms with E-state index in [4.69, 9.17) is 4.74 Å². The number of halogens is 1. The second-order valence-electron chi connectivity index (χ2n) is 7.12. The number of H-pyrrole nitrogens is 1. The first-order valence-corrected chi connectivity index (χ1v) is 8.34. The molecule has 0 bridgehead atoms. The van der Waals surface area contributed by atoms with Crippen molar-refractivity contribution in [3.8, 4) is 0 Å². The fourth-order valence-electron chi connectivity index (χ4n) is 2.73. The molecule has 2 heterocycles. The highest BCUT2D eigenvalue weighted by Crippen LogP contribution is 2.23. The Hall–Kier alpha value is -2.90. The highest BCUT2D eigenvalue weighted by molar-refractivity contribution is 6.04. The van der Waals surface area contributed by atoms with Gasteiger partial charge in [0, 0.05) is 12.1 Å². The molecule has 2 N–H and O–H groups in total. The summed E-state index contributed by atoms with van der Waals surface area (Å²) < 4.78 is 19.1. The number of nitrogens with zero attached hydrogens (tertiary/aromatic N) is 2. The summed E-state index contributed by atoms with van der Waals surface area (Å²) in [5.41, 5.74) is 1.16. The molecule has 138 valence electrons. The van der Waals surface area contributed by atoms with Crippen molar-refractivity contribution >= 4 is 17.7 Å². The Kier molecular flexibility index (Phi) is 4.67. The molecule has 0 saturated carbocycles. The van der Waals surface area contributed by atoms with Gasteiger partial charge in [-0.2, -0.15) is 5.10 Å². The minimum absolute atomic E-state index is 0.0976. The van der Waals surface area contributed by atoms with Crippen LogP contribution in [-0.2, 0) is 17.7 Å². The van der Waals surface area contributed by atoms with Gasteiger partial charge < -0.3 is 15.0 Å². The summed E-state index contributed by atoms with van der Waals surface area (Å²) in [6.45, 7) is 6.12. The number of nitrogens with one attached hydrogen (secondary N) is 2. The molecule has 0 aliphatic carbocycles. The van der Waals surface area contributed by atoms with Crippen LogP contribution in [0.3, 0.4) is 0 Å². The number of ether oxygens (including phenoxy) is 1. The summed E-state index contributed by atoms with van der Waals surface area (Å²) in [5.74, 6) is -1.00. The normalized spacial score (nSPS) is 13.9. The zero-order valence-electron chi connectivity index (χ0n) is 14.9. The first kappa shape index (κ1) is 17.9. The number of benzene rings is 1. The third-order valence-electron chi connectivity index (χ3n) is 3.92. The van der Waals surface area contributed by atoms with Crippen LogP contribution in [0.1, 0.15) is 42.5 Å². The lowest BCUT2D eigenvalue weighted by atomic mass is 10.0. The number of hydrogen-bond acceptors (Lipinski definition) is 4. The maximum atomic E-state index is 13.7. The third-order valence-corrected chi connectivity index (χ3v) is 3.92. The predicted molar refractivity (Wildman–Crippen MR) is 93.3 cm³/mol. The van der Waals surface area contributed by atoms with Crippen molar-refractivity contribution in [2.75, 3.05) is 11.9 Å². The van der Waals surface area contributed by atoms with E-state index in [-0.39, 0.29) is 17.9 Å². The van der Waals surface area contributed by atoms with E-state index in [2.05, 4.69) is 15.5 Å². The van der Waals surface area contributed by atoms with Crippen molar-refractivity contribution in [3.63, 3.8) is 0 Å². The van der Waals surface area contributed by atoms with Gasteiger partial charge in [0.15, 0.2) is 5.69 Å². The van der Waals surface area contributed by atoms with Crippen molar-refractivity contribution in [1.82, 2.24) is 15.1 Å². The number of hydrogen-bond donors (Lipinski definition) is 2. The van der Waals surface area contributed by atoms with Gasteiger partial charge in [0.1, 0.15) is 11.4 Å². The zero-order chi connectivity index (χ0) is 18.9. The summed E-state index contributed by atoms with van der Waals surface area (Å²) in [7, 11) is 0. The number of carbonyl (C=O) groups is 2. The first-order valence-electron chi connectivity index (χ1n) is 8.34. The lowest BCUT2D eigenvalue weighted by molar-refractivity contribution is 0.0221. The summed E-state index contributed by atoms with van der Waals surface area (Å²) >= 11 is 0. The maximum absolute atomic E-state index is 13.7. The summed E-state index contributed by atoms with van der Waals surface area (Å²) in [5, 5.41) is 9.38. The largest absolute Gasteiger partial charge is 0.444 e. The number of aromatic nitrogens is 2. The molecular weight excluding hydrogens is 339 g/mol. The Balaban J connectivity index is 1.72. The van der Waals surface area contributed by atoms with Gasteiger partial charge in [-0.3, -0.25) is 9.89 Å². The average molecular weight is 360 g/mol. The molecule has 0 radical (unpaired) electrons. The highest BCUT2D eigenvalue weighted by atomic mass is 19.1. The second-order valence-corrected chi connectivity index (χ2v) is 7.12. The van der Waals surface area contributed by atoms with Gasteiger partial charge in [0.25, 0.3) is 5.91 Å². The molecule has 0 spiro atoms. The van der Waals surface area contributed by atoms with Gasteiger partial charge in [-0.25, -0.2) is 9.18 Å². The minimum atomic E-state index is -0.573. The number of amides is 2. The van der Waals surface area contributed by atoms with Crippen molar-refractivity contribution in [2.45, 2.75) is 39.3 Å². The Morgan fingerprint density at radius 3 is 2.73 bits per heavy atom. The van der Waals surface area contributed by atoms with E-state index in [9.17, 15) is 14.0 Å². The second kappa shape index (κ2) is 6.78. The van der Waals surface area contributed by atoms with Crippen LogP contribution in [0.2, 0.25) is 0 Å². The zero-order valence-corrected chi connectivity index (χ0v) is 14.9. The molecule has 0 atom stereocenters. The first-order chi connectivity index (χ1) is 12.2. The van der Waals surface area contributed by atoms with Crippen LogP contribution in [0.25, 0.3) is 0 Å². The van der Waals surface area contributed by atoms with Gasteiger partial charge >= 0.3 is 6.09 Å². The Bertz CT molecular complexity index is 841. The fraction of sp³-hybridized carbons (Fsp3) is 0.389. The number of carbonyl (C=O) groups excluding carboxylic acids is 2. The van der Waals surface area contributed by atoms with Gasteiger partial charge in [0.2, 0.25) is 0 Å². The number of para-hydroxylation sites is 1. The van der Waals surface area contributed by atoms with Crippen LogP contribution in [0.15, 0.2) is 24.3 Å². The SMILES string of the molecule is CC(C)(C)OC(=O)N1CCc2c(C(=O)Nc3ccccc3F)n[nH]c2C1. The third kappa shape index (κ3) is 3.84. The van der Waals surface area contributed by atoms with Crippen LogP contribution in [0, 0.1) is 5.82 Å². The molecule has 0 fully saturated rings. The van der Waals surface area contributed by atoms with Gasteiger partial charge in [-0.05, 0) is 39.3 Å². The van der Waals surface area contributed by atoms with E-state index in [1.807, 2.05) is 20.8 Å². The quantitative estimate of drug-likeness (QED) is 0.861. The molecule has 7 nitrogen and oxygen atoms in total. The molecule has 0 unspecified atom stereocenters. The van der Waals surface area contributed by atoms with Crippen LogP contribution < -0.4 is 5.32 Å². The molecule has 1 aromatic heterocycles. The van der Waals surface area contributed by atoms with Crippen molar-refractivity contribution < 1.29 is 18.7 Å². The Labute approximate surface area is 150 Å². The fourth-order valence-corrected chi connectivity index (χ4v) is 2.73. The van der Waals surface area contributed by atoms with Crippen LogP contribution in [0.5, 0.6) is 0 Å². The molecule has 3 rings (SSSR count). The number of anilines is 1. The van der Waals surface area contributed by atoms with Crippen molar-refractivity contribution in [3.05, 3.63) is 47.0 Å². The standard InChI is InChI=1S/C18H21FN4O3/c1-18(2,3)26-17(25)23-9-8-11-14(10-23)21-22-15(11)16(24)20-13-7-5-4-6-12(13)19/h4-7H,8-10H2,1-3H3,(H,20,24)(H,21,22). The number of aromatic amines is 1. The number of rotatable bonds is 2. The van der Waals surface area contributed by atoms with E-state index in [1.165, 1.54) is 12.1 Å². The molecule has 0 saturated heterocycles. The molecule has 8 heteroatoms. The van der Waals surface area contributed by atoms with E-state index < -0.39 is 23.4 Å². The van der Waals surface area contributed by atoms with Crippen LogP contribution in [0.4, 0.5) is 14.9 Å². The predicted octanol–water partition coefficient (Wildman–Crippen LogP) is 3.09. The lowest BCUT2D eigenvalue weighted by Crippen LogP contribution is -2.40. The summed E-state index contributed by atoms with van der Waals surface area (Å²) in [6, 6.07) is 5.94. The summed E-state index contributed by atoms with van der Waals surface area (Å²) in [6.07, 6.45) is 0.0561. The highest BCUT2D eigenvalue weighted by Gasteiger charge is 2.30. The van der Waals surface area contributed by atoms with Crippen molar-refractivity contribution in [2.24, 2.45) is 0 Å². The average Bonchev–Trinajstić information content (AvgIpc) is 2.98. The maximum Gasteiger partial charge on any atom is 0.410 e. The van der Waals surface area contributed by atoms with E-state index in [0.717, 1.165) is 5.56 Å². The van der Waals surface area contributed by atoms with E-state index in [1.54, 1.807) is 17.0 Å². The topological polar surface area (TPSA) is 87.3 Å². The summed E-state index contributed by atoms with van der Waals surface area (Å²) in [4.78, 5) is 26.2. The van der Waals surface area contributed by atoms with Crippen LogP contribution >= 0.6 is 0 Å². The minimum Gasteiger partial charge on any atom is -0.444 e. The molecule has 2 aromatic rings. The van der Waals surface area contributed by atoms with Gasteiger partial charge in [-0.15, -0.1) is 0 Å². The smallest absolute Gasteiger partial charge is 0.410 e. The molecule has 1 aromatic carbocycles. The van der Waals surface area contributed by atoms with Crippen LogP contribution in [-0.4, -0.2) is 39.2 Å². The Morgan fingerprint density at radius 2 is 2.04 bits per heavy atom. The molecule has 26 heavy (non-hydrogen) atoms. The number of fused-ring (bicyclic) bond motifs is 1. The van der Waals surface area contributed by atoms with E-state index in [0.29, 0.717) is 18.7 Å². The molecule has 1 aliphatic heterocycles. The molecule has 2 amide bonds. The van der Waals surface area contributed by atoms with E-state index >= 15 is 0 Å². The lowest BCUT2D eigenvalue weighted by Gasteiger charge is -2.29. The molecule has 1 aliphatic rings. The van der Waals surface area contributed by atoms with Crippen molar-refractivity contribution in [1.29, 1.82) is 0 Å². The Morgan fingerprint density at radius 1 is 1.31 bits per heavy atom.